The molecule has 332 valence electrons. The van der Waals surface area contributed by atoms with Crippen LogP contribution < -0.4 is 26.6 Å². The van der Waals surface area contributed by atoms with E-state index in [1.54, 1.807) is 12.1 Å². The summed E-state index contributed by atoms with van der Waals surface area (Å²) in [4.78, 5) is 81.6. The van der Waals surface area contributed by atoms with Gasteiger partial charge in [0.25, 0.3) is 5.91 Å². The van der Waals surface area contributed by atoms with Crippen LogP contribution in [0.5, 0.6) is 11.5 Å². The Kier molecular flexibility index (Phi) is 16.4. The average Bonchev–Trinajstić information content (AvgIpc) is 3.26. The van der Waals surface area contributed by atoms with E-state index in [9.17, 15) is 44.1 Å². The van der Waals surface area contributed by atoms with Gasteiger partial charge in [-0.25, -0.2) is 4.79 Å². The number of phenolic OH excluding ortho intramolecular Hbond substituents is 2. The largest absolute Gasteiger partial charge is 0.507 e. The molecule has 0 saturated heterocycles. The number of phenols is 2. The molecule has 16 heteroatoms. The fourth-order valence-electron chi connectivity index (χ4n) is 7.41. The van der Waals surface area contributed by atoms with E-state index in [4.69, 9.17) is 5.41 Å². The lowest BCUT2D eigenvalue weighted by atomic mass is 9.93. The quantitative estimate of drug-likeness (QED) is 0.0416. The van der Waals surface area contributed by atoms with Gasteiger partial charge in [-0.15, -0.1) is 0 Å². The van der Waals surface area contributed by atoms with E-state index in [1.807, 2.05) is 24.3 Å². The predicted octanol–water partition coefficient (Wildman–Crippen LogP) is 4.19. The van der Waals surface area contributed by atoms with E-state index >= 15 is 0 Å². The molecule has 4 atom stereocenters. The van der Waals surface area contributed by atoms with Gasteiger partial charge in [-0.1, -0.05) is 61.9 Å². The van der Waals surface area contributed by atoms with Gasteiger partial charge < -0.3 is 46.8 Å². The van der Waals surface area contributed by atoms with Gasteiger partial charge in [0.15, 0.2) is 0 Å². The lowest BCUT2D eigenvalue weighted by Gasteiger charge is -2.32. The number of carboxylic acid groups (broad SMARTS) is 1. The Balaban J connectivity index is 1.35. The molecule has 0 spiro atoms. The zero-order chi connectivity index (χ0) is 45.6. The molecule has 0 saturated carbocycles. The first-order valence-corrected chi connectivity index (χ1v) is 20.9. The van der Waals surface area contributed by atoms with E-state index in [-0.39, 0.29) is 59.9 Å². The minimum Gasteiger partial charge on any atom is -0.507 e. The van der Waals surface area contributed by atoms with Gasteiger partial charge in [0.1, 0.15) is 35.7 Å². The summed E-state index contributed by atoms with van der Waals surface area (Å²) in [6.07, 6.45) is 3.87. The number of carbonyl (C=O) groups is 6. The Morgan fingerprint density at radius 3 is 2.16 bits per heavy atom. The molecule has 0 unspecified atom stereocenters. The van der Waals surface area contributed by atoms with Crippen molar-refractivity contribution in [2.45, 2.75) is 83.0 Å². The van der Waals surface area contributed by atoms with Crippen LogP contribution in [0.2, 0.25) is 0 Å². The third kappa shape index (κ3) is 12.4. The number of nitrogens with zero attached hydrogens (tertiary/aromatic N) is 1. The Labute approximate surface area is 366 Å². The van der Waals surface area contributed by atoms with Crippen LogP contribution in [-0.2, 0) is 36.8 Å². The standard InChI is InChI=1S/C47H55N7O9/c1-4-7-29-9-12-31(13-10-29)32-14-16-33(17-15-32)44(59)50-23-21-41(57)52-37(8-5-6-22-49-27-48)46(61)54(3)42-34-18-20-40(56)36(26-34)35-24-30(11-19-39(35)55)25-38(47(62)63)53-43(58)28(2)51-45(42)60/h9-20,24,26-28,37-38,42,55-56H,4-8,21-23,25H2,1-3H3,(H2,48,49)(H,50,59)(H,51,60)(H,52,57)(H,53,58)(H,62,63)/t28-,37-,38-,42-/m0/s1. The number of carboxylic acids is 1. The summed E-state index contributed by atoms with van der Waals surface area (Å²) in [5.41, 5.74) is 4.46. The highest BCUT2D eigenvalue weighted by molar-refractivity contribution is 5.97. The number of carbonyl (C=O) groups excluding carboxylic acids is 5. The van der Waals surface area contributed by atoms with Crippen molar-refractivity contribution in [1.29, 1.82) is 5.41 Å². The van der Waals surface area contributed by atoms with Gasteiger partial charge in [-0.3, -0.25) is 29.4 Å². The zero-order valence-electron chi connectivity index (χ0n) is 35.6. The van der Waals surface area contributed by atoms with Crippen LogP contribution in [0.15, 0.2) is 84.9 Å². The molecule has 5 rings (SSSR count). The second kappa shape index (κ2) is 22.0. The first-order valence-electron chi connectivity index (χ1n) is 20.9. The average molecular weight is 862 g/mol. The van der Waals surface area contributed by atoms with Crippen molar-refractivity contribution in [3.8, 4) is 33.8 Å². The number of likely N-dealkylation sites (N-methyl/N-ethyl adjacent to an activating group) is 1. The normalized spacial score (nSPS) is 16.6. The van der Waals surface area contributed by atoms with Crippen LogP contribution in [0.25, 0.3) is 22.3 Å². The van der Waals surface area contributed by atoms with Gasteiger partial charge >= 0.3 is 5.97 Å². The molecule has 0 fully saturated rings. The van der Waals surface area contributed by atoms with E-state index < -0.39 is 53.8 Å². The monoisotopic (exact) mass is 861 g/mol. The second-order valence-corrected chi connectivity index (χ2v) is 15.6. The van der Waals surface area contributed by atoms with Crippen LogP contribution in [0.1, 0.15) is 79.0 Å². The number of unbranched alkanes of at least 4 members (excludes halogenated alkanes) is 1. The highest BCUT2D eigenvalue weighted by atomic mass is 16.4. The molecule has 4 aromatic carbocycles. The number of amides is 5. The van der Waals surface area contributed by atoms with Crippen LogP contribution in [-0.4, -0.2) is 100 Å². The molecule has 0 aliphatic carbocycles. The Morgan fingerprint density at radius 2 is 1.51 bits per heavy atom. The lowest BCUT2D eigenvalue weighted by Crippen LogP contribution is -2.54. The van der Waals surface area contributed by atoms with E-state index in [0.717, 1.165) is 35.2 Å². The van der Waals surface area contributed by atoms with Crippen molar-refractivity contribution in [2.75, 3.05) is 20.1 Å². The van der Waals surface area contributed by atoms with Gasteiger partial charge in [0, 0.05) is 49.7 Å². The van der Waals surface area contributed by atoms with E-state index in [0.29, 0.717) is 30.5 Å². The molecule has 0 aromatic heterocycles. The van der Waals surface area contributed by atoms with Crippen LogP contribution in [0, 0.1) is 5.41 Å². The Hall–Kier alpha value is -7.23. The SMILES string of the molecule is CCCc1ccc(-c2ccc(C(=O)NCCC(=O)N[C@@H](CCCCNC=N)C(=O)N(C)[C@@H]3C(=O)N[C@@H](C)C(=O)N[C@H](C(=O)O)Cc4ccc(O)c(c4)-c4cc3ccc4O)cc2)cc1. The molecule has 4 aromatic rings. The first kappa shape index (κ1) is 46.8. The maximum atomic E-state index is 14.5. The molecule has 1 aliphatic heterocycles. The third-order valence-corrected chi connectivity index (χ3v) is 10.9. The highest BCUT2D eigenvalue weighted by Gasteiger charge is 2.36. The molecule has 9 N–H and O–H groups in total. The molecular formula is C47H55N7O9. The van der Waals surface area contributed by atoms with Crippen LogP contribution in [0.4, 0.5) is 0 Å². The molecule has 1 heterocycles. The summed E-state index contributed by atoms with van der Waals surface area (Å²) >= 11 is 0. The molecule has 1 aliphatic rings. The number of aliphatic carboxylic acids is 1. The highest BCUT2D eigenvalue weighted by Crippen LogP contribution is 2.39. The smallest absolute Gasteiger partial charge is 0.326 e. The third-order valence-electron chi connectivity index (χ3n) is 10.9. The number of aromatic hydroxyl groups is 2. The van der Waals surface area contributed by atoms with Crippen molar-refractivity contribution in [2.24, 2.45) is 0 Å². The predicted molar refractivity (Wildman–Crippen MR) is 237 cm³/mol. The number of hydrogen-bond acceptors (Lipinski definition) is 9. The summed E-state index contributed by atoms with van der Waals surface area (Å²) in [6.45, 7) is 3.89. The lowest BCUT2D eigenvalue weighted by molar-refractivity contribution is -0.144. The number of fused-ring (bicyclic) bond motifs is 5. The van der Waals surface area contributed by atoms with E-state index in [1.165, 1.54) is 55.9 Å². The molecular weight excluding hydrogens is 807 g/mol. The van der Waals surface area contributed by atoms with Crippen molar-refractivity contribution in [1.82, 2.24) is 31.5 Å². The fourth-order valence-corrected chi connectivity index (χ4v) is 7.41. The summed E-state index contributed by atoms with van der Waals surface area (Å²) in [5.74, 6) is -5.09. The number of aryl methyl sites for hydroxylation is 1. The number of hydrogen-bond donors (Lipinski definition) is 9. The van der Waals surface area contributed by atoms with Gasteiger partial charge in [-0.2, -0.15) is 0 Å². The van der Waals surface area contributed by atoms with Crippen molar-refractivity contribution >= 4 is 41.8 Å². The molecule has 0 radical (unpaired) electrons. The Morgan fingerprint density at radius 1 is 0.857 bits per heavy atom. The van der Waals surface area contributed by atoms with Crippen molar-refractivity contribution < 1.29 is 44.1 Å². The summed E-state index contributed by atoms with van der Waals surface area (Å²) in [7, 11) is 1.36. The molecule has 63 heavy (non-hydrogen) atoms. The number of rotatable bonds is 17. The molecule has 4 bridgehead atoms. The second-order valence-electron chi connectivity index (χ2n) is 15.6. The summed E-state index contributed by atoms with van der Waals surface area (Å²) < 4.78 is 0. The van der Waals surface area contributed by atoms with E-state index in [2.05, 4.69) is 45.6 Å². The molecule has 16 nitrogen and oxygen atoms in total. The minimum absolute atomic E-state index is 0.0383. The van der Waals surface area contributed by atoms with Gasteiger partial charge in [0.05, 0.1) is 6.34 Å². The molecule has 5 amide bonds. The fraction of sp³-hybridized carbons (Fsp3) is 0.340. The van der Waals surface area contributed by atoms with Crippen molar-refractivity contribution in [3.63, 3.8) is 0 Å². The maximum absolute atomic E-state index is 14.5. The zero-order valence-corrected chi connectivity index (χ0v) is 35.6. The number of benzene rings is 4. The van der Waals surface area contributed by atoms with Crippen LogP contribution >= 0.6 is 0 Å². The number of nitrogens with one attached hydrogen (secondary N) is 6. The van der Waals surface area contributed by atoms with Crippen LogP contribution in [0.3, 0.4) is 0 Å². The van der Waals surface area contributed by atoms with Crippen molar-refractivity contribution in [3.05, 3.63) is 107 Å². The van der Waals surface area contributed by atoms with Gasteiger partial charge in [0.2, 0.25) is 23.6 Å². The Bertz CT molecular complexity index is 2300. The first-order chi connectivity index (χ1) is 30.2. The summed E-state index contributed by atoms with van der Waals surface area (Å²) in [6, 6.07) is 18.6. The topological polar surface area (TPSA) is 250 Å². The summed E-state index contributed by atoms with van der Waals surface area (Å²) in [5, 5.41) is 52.3. The van der Waals surface area contributed by atoms with Gasteiger partial charge in [-0.05, 0) is 96.8 Å². The minimum atomic E-state index is -1.46. The maximum Gasteiger partial charge on any atom is 0.326 e.